The minimum atomic E-state index is -0.383. The van der Waals surface area contributed by atoms with Gasteiger partial charge in [0.15, 0.2) is 0 Å². The standard InChI is InChI=1S/C17H19F2N/c1-10-6-5-7-11(2)16(10)17(20-4)13-9-14(18)12(3)8-15(13)19/h5-9,17,20H,1-4H3. The van der Waals surface area contributed by atoms with Crippen LogP contribution in [0.15, 0.2) is 30.3 Å². The van der Waals surface area contributed by atoms with Gasteiger partial charge in [-0.15, -0.1) is 0 Å². The highest BCUT2D eigenvalue weighted by Crippen LogP contribution is 2.30. The molecule has 0 spiro atoms. The average molecular weight is 275 g/mol. The Kier molecular flexibility index (Phi) is 4.19. The normalized spacial score (nSPS) is 12.5. The lowest BCUT2D eigenvalue weighted by molar-refractivity contribution is 0.552. The maximum Gasteiger partial charge on any atom is 0.128 e. The van der Waals surface area contributed by atoms with Crippen molar-refractivity contribution in [2.45, 2.75) is 26.8 Å². The van der Waals surface area contributed by atoms with Crippen LogP contribution in [0.1, 0.15) is 33.9 Å². The summed E-state index contributed by atoms with van der Waals surface area (Å²) in [5, 5.41) is 3.10. The fraction of sp³-hybridized carbons (Fsp3) is 0.294. The third kappa shape index (κ3) is 2.59. The van der Waals surface area contributed by atoms with Crippen molar-refractivity contribution < 1.29 is 8.78 Å². The summed E-state index contributed by atoms with van der Waals surface area (Å²) >= 11 is 0. The molecule has 1 N–H and O–H groups in total. The van der Waals surface area contributed by atoms with Crippen LogP contribution in [0.2, 0.25) is 0 Å². The number of rotatable bonds is 3. The lowest BCUT2D eigenvalue weighted by Crippen LogP contribution is -2.21. The zero-order valence-corrected chi connectivity index (χ0v) is 12.2. The molecule has 0 bridgehead atoms. The number of benzene rings is 2. The van der Waals surface area contributed by atoms with Gasteiger partial charge in [0.05, 0.1) is 6.04 Å². The van der Waals surface area contributed by atoms with Gasteiger partial charge >= 0.3 is 0 Å². The molecule has 0 fully saturated rings. The molecule has 2 aromatic carbocycles. The Morgan fingerprint density at radius 2 is 1.50 bits per heavy atom. The summed E-state index contributed by atoms with van der Waals surface area (Å²) in [6.45, 7) is 5.53. The quantitative estimate of drug-likeness (QED) is 0.885. The molecule has 0 saturated carbocycles. The van der Waals surface area contributed by atoms with Crippen molar-refractivity contribution in [2.75, 3.05) is 7.05 Å². The number of hydrogen-bond donors (Lipinski definition) is 1. The van der Waals surface area contributed by atoms with Gasteiger partial charge < -0.3 is 5.32 Å². The molecule has 2 aromatic rings. The third-order valence-corrected chi connectivity index (χ3v) is 3.71. The molecule has 0 aliphatic heterocycles. The van der Waals surface area contributed by atoms with Crippen LogP contribution >= 0.6 is 0 Å². The summed E-state index contributed by atoms with van der Waals surface area (Å²) in [5.41, 5.74) is 3.78. The molecule has 0 amide bonds. The Labute approximate surface area is 118 Å². The molecule has 2 rings (SSSR count). The van der Waals surface area contributed by atoms with Crippen LogP contribution in [0.25, 0.3) is 0 Å². The van der Waals surface area contributed by atoms with E-state index in [-0.39, 0.29) is 17.7 Å². The molecular weight excluding hydrogens is 256 g/mol. The number of hydrogen-bond acceptors (Lipinski definition) is 1. The SMILES string of the molecule is CNC(c1cc(F)c(C)cc1F)c1c(C)cccc1C. The highest BCUT2D eigenvalue weighted by Gasteiger charge is 2.21. The first-order valence-electron chi connectivity index (χ1n) is 6.64. The molecule has 3 heteroatoms. The van der Waals surface area contributed by atoms with Crippen LogP contribution in [-0.2, 0) is 0 Å². The summed E-state index contributed by atoms with van der Waals surface area (Å²) in [4.78, 5) is 0. The lowest BCUT2D eigenvalue weighted by Gasteiger charge is -2.22. The molecule has 0 aliphatic rings. The highest BCUT2D eigenvalue weighted by molar-refractivity contribution is 5.43. The summed E-state index contributed by atoms with van der Waals surface area (Å²) in [6.07, 6.45) is 0. The second-order valence-corrected chi connectivity index (χ2v) is 5.15. The van der Waals surface area contributed by atoms with E-state index in [1.54, 1.807) is 14.0 Å². The molecule has 1 nitrogen and oxygen atoms in total. The van der Waals surface area contributed by atoms with Crippen LogP contribution in [0.5, 0.6) is 0 Å². The van der Waals surface area contributed by atoms with Gasteiger partial charge in [0.25, 0.3) is 0 Å². The Morgan fingerprint density at radius 1 is 0.900 bits per heavy atom. The van der Waals surface area contributed by atoms with Crippen molar-refractivity contribution in [2.24, 2.45) is 0 Å². The minimum Gasteiger partial charge on any atom is -0.309 e. The van der Waals surface area contributed by atoms with E-state index in [0.717, 1.165) is 16.7 Å². The second-order valence-electron chi connectivity index (χ2n) is 5.15. The second kappa shape index (κ2) is 5.71. The summed E-state index contributed by atoms with van der Waals surface area (Å²) in [5.74, 6) is -0.765. The fourth-order valence-corrected chi connectivity index (χ4v) is 2.62. The van der Waals surface area contributed by atoms with E-state index in [2.05, 4.69) is 5.32 Å². The molecule has 0 aliphatic carbocycles. The van der Waals surface area contributed by atoms with Crippen molar-refractivity contribution in [3.05, 3.63) is 69.8 Å². The molecule has 1 unspecified atom stereocenters. The van der Waals surface area contributed by atoms with Crippen molar-refractivity contribution in [1.29, 1.82) is 0 Å². The van der Waals surface area contributed by atoms with E-state index in [1.807, 2.05) is 32.0 Å². The predicted molar refractivity (Wildman–Crippen MR) is 77.9 cm³/mol. The summed E-state index contributed by atoms with van der Waals surface area (Å²) in [7, 11) is 1.76. The zero-order valence-electron chi connectivity index (χ0n) is 12.2. The molecular formula is C17H19F2N. The molecule has 1 atom stereocenters. The van der Waals surface area contributed by atoms with E-state index in [0.29, 0.717) is 11.1 Å². The Balaban J connectivity index is 2.62. The Morgan fingerprint density at radius 3 is 2.05 bits per heavy atom. The van der Waals surface area contributed by atoms with Crippen molar-refractivity contribution in [1.82, 2.24) is 5.32 Å². The topological polar surface area (TPSA) is 12.0 Å². The zero-order chi connectivity index (χ0) is 14.9. The van der Waals surface area contributed by atoms with E-state index >= 15 is 0 Å². The summed E-state index contributed by atoms with van der Waals surface area (Å²) < 4.78 is 28.0. The number of aryl methyl sites for hydroxylation is 3. The first kappa shape index (κ1) is 14.7. The van der Waals surface area contributed by atoms with E-state index in [1.165, 1.54) is 12.1 Å². The van der Waals surface area contributed by atoms with E-state index in [4.69, 9.17) is 0 Å². The van der Waals surface area contributed by atoms with E-state index in [9.17, 15) is 8.78 Å². The maximum atomic E-state index is 14.2. The first-order valence-corrected chi connectivity index (χ1v) is 6.64. The lowest BCUT2D eigenvalue weighted by atomic mass is 9.90. The van der Waals surface area contributed by atoms with Gasteiger partial charge in [-0.05, 0) is 62.2 Å². The van der Waals surface area contributed by atoms with Gasteiger partial charge in [-0.25, -0.2) is 8.78 Å². The Hall–Kier alpha value is -1.74. The monoisotopic (exact) mass is 275 g/mol. The molecule has 0 saturated heterocycles. The van der Waals surface area contributed by atoms with Crippen LogP contribution in [-0.4, -0.2) is 7.05 Å². The summed E-state index contributed by atoms with van der Waals surface area (Å²) in [6, 6.07) is 8.11. The largest absolute Gasteiger partial charge is 0.309 e. The third-order valence-electron chi connectivity index (χ3n) is 3.71. The highest BCUT2D eigenvalue weighted by atomic mass is 19.1. The van der Waals surface area contributed by atoms with Gasteiger partial charge in [-0.2, -0.15) is 0 Å². The molecule has 0 radical (unpaired) electrons. The predicted octanol–water partition coefficient (Wildman–Crippen LogP) is 4.20. The Bertz CT molecular complexity index is 615. The first-order chi connectivity index (χ1) is 9.45. The van der Waals surface area contributed by atoms with Gasteiger partial charge in [-0.1, -0.05) is 18.2 Å². The minimum absolute atomic E-state index is 0.322. The molecule has 20 heavy (non-hydrogen) atoms. The fourth-order valence-electron chi connectivity index (χ4n) is 2.62. The van der Waals surface area contributed by atoms with Gasteiger partial charge in [0.2, 0.25) is 0 Å². The number of nitrogens with one attached hydrogen (secondary N) is 1. The van der Waals surface area contributed by atoms with Crippen molar-refractivity contribution in [3.63, 3.8) is 0 Å². The molecule has 106 valence electrons. The van der Waals surface area contributed by atoms with Gasteiger partial charge in [-0.3, -0.25) is 0 Å². The smallest absolute Gasteiger partial charge is 0.128 e. The molecule has 0 aromatic heterocycles. The molecule has 0 heterocycles. The van der Waals surface area contributed by atoms with Gasteiger partial charge in [0, 0.05) is 5.56 Å². The van der Waals surface area contributed by atoms with E-state index < -0.39 is 0 Å². The van der Waals surface area contributed by atoms with Crippen LogP contribution in [0.3, 0.4) is 0 Å². The van der Waals surface area contributed by atoms with Crippen molar-refractivity contribution >= 4 is 0 Å². The van der Waals surface area contributed by atoms with Crippen molar-refractivity contribution in [3.8, 4) is 0 Å². The van der Waals surface area contributed by atoms with Crippen LogP contribution < -0.4 is 5.32 Å². The van der Waals surface area contributed by atoms with Gasteiger partial charge in [0.1, 0.15) is 11.6 Å². The van der Waals surface area contributed by atoms with Crippen LogP contribution in [0.4, 0.5) is 8.78 Å². The number of halogens is 2. The maximum absolute atomic E-state index is 14.2. The average Bonchev–Trinajstić information content (AvgIpc) is 2.39. The van der Waals surface area contributed by atoms with Crippen LogP contribution in [0, 0.1) is 32.4 Å².